The maximum absolute atomic E-state index is 14.5. The Morgan fingerprint density at radius 3 is 2.09 bits per heavy atom. The Kier molecular flexibility index (Phi) is 8.03. The number of methoxy groups -OCH3 is 1. The van der Waals surface area contributed by atoms with Gasteiger partial charge < -0.3 is 24.4 Å². The van der Waals surface area contributed by atoms with E-state index in [0.717, 1.165) is 30.1 Å². The molecule has 0 aromatic heterocycles. The summed E-state index contributed by atoms with van der Waals surface area (Å²) in [5, 5.41) is 19.6. The minimum atomic E-state index is -1.97. The number of aliphatic carboxylic acids is 1. The maximum Gasteiger partial charge on any atom is 0.338 e. The molecule has 7 heteroatoms. The van der Waals surface area contributed by atoms with Crippen LogP contribution < -0.4 is 9.47 Å². The highest BCUT2D eigenvalue weighted by Crippen LogP contribution is 2.32. The van der Waals surface area contributed by atoms with Gasteiger partial charge in [0.05, 0.1) is 13.2 Å². The van der Waals surface area contributed by atoms with Crippen LogP contribution in [0.1, 0.15) is 25.0 Å². The number of benzene rings is 3. The van der Waals surface area contributed by atoms with Crippen LogP contribution in [-0.2, 0) is 9.53 Å². The number of carboxylic acids is 1. The molecule has 3 rings (SSSR count). The van der Waals surface area contributed by atoms with E-state index in [-0.39, 0.29) is 11.3 Å². The van der Waals surface area contributed by atoms with Crippen molar-refractivity contribution in [1.82, 2.24) is 0 Å². The minimum Gasteiger partial charge on any atom is -0.493 e. The smallest absolute Gasteiger partial charge is 0.338 e. The average molecular weight is 454 g/mol. The number of hydrogen-bond donors (Lipinski definition) is 2. The molecule has 33 heavy (non-hydrogen) atoms. The molecule has 2 unspecified atom stereocenters. The summed E-state index contributed by atoms with van der Waals surface area (Å²) in [5.74, 6) is -1.16. The monoisotopic (exact) mass is 454 g/mol. The first kappa shape index (κ1) is 24.2. The Morgan fingerprint density at radius 1 is 0.939 bits per heavy atom. The summed E-state index contributed by atoms with van der Waals surface area (Å²) in [6.07, 6.45) is -1.11. The van der Waals surface area contributed by atoms with Crippen molar-refractivity contribution in [3.8, 4) is 22.6 Å². The molecule has 0 amide bonds. The van der Waals surface area contributed by atoms with E-state index in [4.69, 9.17) is 14.2 Å². The first-order valence-electron chi connectivity index (χ1n) is 10.5. The quantitative estimate of drug-likeness (QED) is 0.403. The van der Waals surface area contributed by atoms with Crippen LogP contribution in [0.5, 0.6) is 11.5 Å². The van der Waals surface area contributed by atoms with Crippen molar-refractivity contribution in [2.45, 2.75) is 25.0 Å². The number of aliphatic hydroxyl groups is 1. The van der Waals surface area contributed by atoms with Gasteiger partial charge in [0.25, 0.3) is 0 Å². The van der Waals surface area contributed by atoms with E-state index in [1.54, 1.807) is 0 Å². The number of carboxylic acid groups (broad SMARTS) is 1. The molecule has 174 valence electrons. The van der Waals surface area contributed by atoms with Crippen LogP contribution in [0.3, 0.4) is 0 Å². The summed E-state index contributed by atoms with van der Waals surface area (Å²) < 4.78 is 30.6. The summed E-state index contributed by atoms with van der Waals surface area (Å²) in [7, 11) is 1.15. The molecule has 3 aromatic carbocycles. The van der Waals surface area contributed by atoms with E-state index in [1.807, 2.05) is 54.6 Å². The third-order valence-electron chi connectivity index (χ3n) is 5.42. The highest BCUT2D eigenvalue weighted by Gasteiger charge is 2.43. The molecule has 2 atom stereocenters. The van der Waals surface area contributed by atoms with Crippen molar-refractivity contribution in [2.75, 3.05) is 20.3 Å². The van der Waals surface area contributed by atoms with Crippen molar-refractivity contribution >= 4 is 5.97 Å². The lowest BCUT2D eigenvalue weighted by Gasteiger charge is -2.29. The van der Waals surface area contributed by atoms with Crippen LogP contribution in [0.15, 0.2) is 72.8 Å². The van der Waals surface area contributed by atoms with Gasteiger partial charge in [-0.2, -0.15) is 0 Å². The molecule has 0 fully saturated rings. The number of halogens is 1. The molecule has 0 aliphatic rings. The Morgan fingerprint density at radius 2 is 1.52 bits per heavy atom. The predicted molar refractivity (Wildman–Crippen MR) is 122 cm³/mol. The highest BCUT2D eigenvalue weighted by molar-refractivity contribution is 5.78. The van der Waals surface area contributed by atoms with Gasteiger partial charge in [0.1, 0.15) is 23.4 Å². The zero-order valence-corrected chi connectivity index (χ0v) is 18.5. The molecule has 0 bridgehead atoms. The summed E-state index contributed by atoms with van der Waals surface area (Å²) in [6.45, 7) is 1.90. The highest BCUT2D eigenvalue weighted by atomic mass is 19.1. The predicted octanol–water partition coefficient (Wildman–Crippen LogP) is 4.86. The Balaban J connectivity index is 1.47. The number of rotatable bonds is 11. The molecule has 6 nitrogen and oxygen atoms in total. The Bertz CT molecular complexity index is 1050. The molecule has 0 heterocycles. The lowest BCUT2D eigenvalue weighted by atomic mass is 9.92. The molecular weight excluding hydrogens is 427 g/mol. The third-order valence-corrected chi connectivity index (χ3v) is 5.42. The largest absolute Gasteiger partial charge is 0.493 e. The third kappa shape index (κ3) is 5.88. The van der Waals surface area contributed by atoms with Crippen molar-refractivity contribution in [3.63, 3.8) is 0 Å². The summed E-state index contributed by atoms with van der Waals surface area (Å²) in [4.78, 5) is 11.4. The summed E-state index contributed by atoms with van der Waals surface area (Å²) in [6, 6.07) is 21.8. The lowest BCUT2D eigenvalue weighted by Crippen LogP contribution is -2.43. The number of aliphatic hydroxyl groups excluding tert-OH is 1. The van der Waals surface area contributed by atoms with Gasteiger partial charge in [-0.3, -0.25) is 0 Å². The Labute approximate surface area is 192 Å². The molecule has 0 saturated carbocycles. The lowest BCUT2D eigenvalue weighted by molar-refractivity contribution is -0.175. The fourth-order valence-corrected chi connectivity index (χ4v) is 3.25. The molecular formula is C26H27FO6. The van der Waals surface area contributed by atoms with Crippen molar-refractivity contribution in [3.05, 3.63) is 84.2 Å². The maximum atomic E-state index is 14.5. The van der Waals surface area contributed by atoms with E-state index in [1.165, 1.54) is 19.1 Å². The second-order valence-corrected chi connectivity index (χ2v) is 7.64. The Hall–Kier alpha value is -3.42. The standard InChI is InChI=1S/C26H27FO6/c1-26(31-2,25(29)30)24(28)22-14-13-21(17-23(22)27)33-16-6-15-32-20-11-9-19(10-12-20)18-7-4-3-5-8-18/h3-5,7-14,17,24,28H,6,15-16H2,1-2H3,(H,29,30). The molecule has 0 aliphatic heterocycles. The van der Waals surface area contributed by atoms with Gasteiger partial charge in [0.15, 0.2) is 5.60 Å². The molecule has 0 aliphatic carbocycles. The second-order valence-electron chi connectivity index (χ2n) is 7.64. The van der Waals surface area contributed by atoms with Crippen LogP contribution in [0, 0.1) is 5.82 Å². The van der Waals surface area contributed by atoms with Crippen molar-refractivity contribution in [1.29, 1.82) is 0 Å². The first-order chi connectivity index (χ1) is 15.8. The number of hydrogen-bond acceptors (Lipinski definition) is 5. The van der Waals surface area contributed by atoms with Crippen LogP contribution >= 0.6 is 0 Å². The van der Waals surface area contributed by atoms with Crippen molar-refractivity contribution in [2.24, 2.45) is 0 Å². The molecule has 0 spiro atoms. The van der Waals surface area contributed by atoms with Gasteiger partial charge in [0, 0.05) is 25.2 Å². The van der Waals surface area contributed by atoms with Crippen LogP contribution in [0.25, 0.3) is 11.1 Å². The minimum absolute atomic E-state index is 0.184. The van der Waals surface area contributed by atoms with Gasteiger partial charge in [-0.05, 0) is 42.3 Å². The zero-order valence-electron chi connectivity index (χ0n) is 18.5. The number of ether oxygens (including phenoxy) is 3. The molecule has 0 saturated heterocycles. The molecule has 2 N–H and O–H groups in total. The first-order valence-corrected chi connectivity index (χ1v) is 10.5. The fourth-order valence-electron chi connectivity index (χ4n) is 3.25. The number of carbonyl (C=O) groups is 1. The fraction of sp³-hybridized carbons (Fsp3) is 0.269. The van der Waals surface area contributed by atoms with E-state index in [0.29, 0.717) is 19.6 Å². The molecule has 0 radical (unpaired) electrons. The van der Waals surface area contributed by atoms with Gasteiger partial charge >= 0.3 is 5.97 Å². The zero-order chi connectivity index (χ0) is 23.8. The SMILES string of the molecule is COC(C)(C(=O)O)C(O)c1ccc(OCCCOc2ccc(-c3ccccc3)cc2)cc1F. The van der Waals surface area contributed by atoms with Gasteiger partial charge in [-0.1, -0.05) is 42.5 Å². The van der Waals surface area contributed by atoms with E-state index in [2.05, 4.69) is 0 Å². The normalized spacial score (nSPS) is 13.7. The van der Waals surface area contributed by atoms with Crippen LogP contribution in [-0.4, -0.2) is 42.1 Å². The van der Waals surface area contributed by atoms with E-state index in [9.17, 15) is 19.4 Å². The summed E-state index contributed by atoms with van der Waals surface area (Å²) >= 11 is 0. The van der Waals surface area contributed by atoms with E-state index >= 15 is 0 Å². The van der Waals surface area contributed by atoms with E-state index < -0.39 is 23.5 Å². The van der Waals surface area contributed by atoms with Gasteiger partial charge in [-0.25, -0.2) is 9.18 Å². The van der Waals surface area contributed by atoms with Crippen molar-refractivity contribution < 1.29 is 33.6 Å². The topological polar surface area (TPSA) is 85.2 Å². The molecule has 3 aromatic rings. The second kappa shape index (κ2) is 10.9. The summed E-state index contributed by atoms with van der Waals surface area (Å²) in [5.41, 5.74) is 0.0882. The van der Waals surface area contributed by atoms with Gasteiger partial charge in [-0.15, -0.1) is 0 Å². The van der Waals surface area contributed by atoms with Crippen LogP contribution in [0.2, 0.25) is 0 Å². The van der Waals surface area contributed by atoms with Gasteiger partial charge in [0.2, 0.25) is 0 Å². The average Bonchev–Trinajstić information content (AvgIpc) is 2.83. The van der Waals surface area contributed by atoms with Crippen LogP contribution in [0.4, 0.5) is 4.39 Å².